The van der Waals surface area contributed by atoms with E-state index in [1.807, 2.05) is 12.1 Å². The van der Waals surface area contributed by atoms with Gasteiger partial charge in [0, 0.05) is 11.8 Å². The summed E-state index contributed by atoms with van der Waals surface area (Å²) in [7, 11) is 0. The van der Waals surface area contributed by atoms with Crippen molar-refractivity contribution < 1.29 is 4.42 Å². The second kappa shape index (κ2) is 2.63. The lowest BCUT2D eigenvalue weighted by Crippen LogP contribution is -1.80. The molecule has 2 aromatic rings. The number of hydrogen-bond acceptors (Lipinski definition) is 1. The minimum Gasteiger partial charge on any atom is -0.461 e. The van der Waals surface area contributed by atoms with E-state index in [0.29, 0.717) is 0 Å². The first-order valence-corrected chi connectivity index (χ1v) is 4.89. The normalized spacial score (nSPS) is 16.6. The average Bonchev–Trinajstić information content (AvgIpc) is 2.85. The van der Waals surface area contributed by atoms with Crippen LogP contribution in [0.3, 0.4) is 0 Å². The topological polar surface area (TPSA) is 13.1 Å². The van der Waals surface area contributed by atoms with E-state index in [9.17, 15) is 0 Å². The predicted molar refractivity (Wildman–Crippen MR) is 52.6 cm³/mol. The van der Waals surface area contributed by atoms with E-state index < -0.39 is 0 Å². The summed E-state index contributed by atoms with van der Waals surface area (Å²) in [6, 6.07) is 10.4. The molecule has 1 heterocycles. The predicted octanol–water partition coefficient (Wildman–Crippen LogP) is 3.39. The van der Waals surface area contributed by atoms with Gasteiger partial charge in [0.2, 0.25) is 0 Å². The molecular formula is C12H12O. The van der Waals surface area contributed by atoms with E-state index in [1.54, 1.807) is 0 Å². The van der Waals surface area contributed by atoms with Gasteiger partial charge in [-0.05, 0) is 30.9 Å². The molecule has 1 nitrogen and oxygen atoms in total. The van der Waals surface area contributed by atoms with Crippen LogP contribution in [0.15, 0.2) is 34.7 Å². The fourth-order valence-electron chi connectivity index (χ4n) is 1.74. The maximum Gasteiger partial charge on any atom is 0.134 e. The molecule has 0 bridgehead atoms. The van der Waals surface area contributed by atoms with Gasteiger partial charge < -0.3 is 4.42 Å². The lowest BCUT2D eigenvalue weighted by atomic mass is 10.2. The van der Waals surface area contributed by atoms with Gasteiger partial charge >= 0.3 is 0 Å². The quantitative estimate of drug-likeness (QED) is 0.676. The molecule has 3 rings (SSSR count). The first-order chi connectivity index (χ1) is 6.42. The minimum atomic E-state index is 0.903. The zero-order chi connectivity index (χ0) is 8.67. The van der Waals surface area contributed by atoms with Crippen LogP contribution in [0.2, 0.25) is 0 Å². The van der Waals surface area contributed by atoms with Crippen molar-refractivity contribution in [3.05, 3.63) is 36.1 Å². The number of furan rings is 1. The third-order valence-corrected chi connectivity index (χ3v) is 2.66. The van der Waals surface area contributed by atoms with Crippen LogP contribution in [0, 0.1) is 5.92 Å². The summed E-state index contributed by atoms with van der Waals surface area (Å²) in [4.78, 5) is 0. The molecule has 66 valence electrons. The lowest BCUT2D eigenvalue weighted by Gasteiger charge is -1.89. The van der Waals surface area contributed by atoms with Crippen molar-refractivity contribution in [1.29, 1.82) is 0 Å². The van der Waals surface area contributed by atoms with Crippen LogP contribution < -0.4 is 0 Å². The molecule has 0 atom stereocenters. The molecule has 0 saturated heterocycles. The lowest BCUT2D eigenvalue weighted by molar-refractivity contribution is 0.533. The number of hydrogen-bond donors (Lipinski definition) is 0. The number of benzene rings is 1. The molecule has 0 aliphatic heterocycles. The summed E-state index contributed by atoms with van der Waals surface area (Å²) in [6.45, 7) is 0. The Labute approximate surface area is 77.4 Å². The molecule has 1 aliphatic rings. The van der Waals surface area contributed by atoms with Crippen molar-refractivity contribution >= 4 is 11.0 Å². The molecule has 1 fully saturated rings. The van der Waals surface area contributed by atoms with Crippen molar-refractivity contribution in [1.82, 2.24) is 0 Å². The average molecular weight is 172 g/mol. The molecule has 1 aromatic carbocycles. The van der Waals surface area contributed by atoms with Crippen LogP contribution in [0.1, 0.15) is 18.6 Å². The van der Waals surface area contributed by atoms with Crippen molar-refractivity contribution in [2.45, 2.75) is 19.3 Å². The zero-order valence-corrected chi connectivity index (χ0v) is 7.49. The van der Waals surface area contributed by atoms with Crippen molar-refractivity contribution in [2.24, 2.45) is 5.92 Å². The van der Waals surface area contributed by atoms with Gasteiger partial charge in [-0.25, -0.2) is 0 Å². The van der Waals surface area contributed by atoms with Crippen LogP contribution in [-0.2, 0) is 6.42 Å². The maximum atomic E-state index is 5.72. The summed E-state index contributed by atoms with van der Waals surface area (Å²) >= 11 is 0. The van der Waals surface area contributed by atoms with Crippen molar-refractivity contribution in [2.75, 3.05) is 0 Å². The van der Waals surface area contributed by atoms with E-state index in [0.717, 1.165) is 23.7 Å². The molecule has 0 amide bonds. The van der Waals surface area contributed by atoms with E-state index >= 15 is 0 Å². The number of fused-ring (bicyclic) bond motifs is 1. The highest BCUT2D eigenvalue weighted by atomic mass is 16.3. The SMILES string of the molecule is c1ccc2oc(CC3CC3)cc2c1. The summed E-state index contributed by atoms with van der Waals surface area (Å²) in [5.74, 6) is 2.06. The number of para-hydroxylation sites is 1. The van der Waals surface area contributed by atoms with Crippen LogP contribution in [-0.4, -0.2) is 0 Å². The second-order valence-corrected chi connectivity index (χ2v) is 3.90. The number of rotatable bonds is 2. The molecule has 1 saturated carbocycles. The van der Waals surface area contributed by atoms with Crippen LogP contribution in [0.5, 0.6) is 0 Å². The highest BCUT2D eigenvalue weighted by Crippen LogP contribution is 2.34. The highest BCUT2D eigenvalue weighted by Gasteiger charge is 2.22. The maximum absolute atomic E-state index is 5.72. The van der Waals surface area contributed by atoms with Crippen LogP contribution >= 0.6 is 0 Å². The third kappa shape index (κ3) is 1.35. The smallest absolute Gasteiger partial charge is 0.134 e. The van der Waals surface area contributed by atoms with Crippen LogP contribution in [0.25, 0.3) is 11.0 Å². The van der Waals surface area contributed by atoms with E-state index in [-0.39, 0.29) is 0 Å². The second-order valence-electron chi connectivity index (χ2n) is 3.90. The zero-order valence-electron chi connectivity index (χ0n) is 7.49. The Bertz CT molecular complexity index is 390. The Morgan fingerprint density at radius 2 is 2.08 bits per heavy atom. The van der Waals surface area contributed by atoms with E-state index in [4.69, 9.17) is 4.42 Å². The first kappa shape index (κ1) is 7.19. The molecule has 1 aliphatic carbocycles. The van der Waals surface area contributed by atoms with Gasteiger partial charge in [0.25, 0.3) is 0 Å². The molecule has 0 unspecified atom stereocenters. The van der Waals surface area contributed by atoms with Gasteiger partial charge in [-0.15, -0.1) is 0 Å². The summed E-state index contributed by atoms with van der Waals surface area (Å²) in [5.41, 5.74) is 1.03. The third-order valence-electron chi connectivity index (χ3n) is 2.66. The molecule has 13 heavy (non-hydrogen) atoms. The Balaban J connectivity index is 2.00. The van der Waals surface area contributed by atoms with Gasteiger partial charge in [-0.1, -0.05) is 18.2 Å². The molecule has 1 heteroatoms. The van der Waals surface area contributed by atoms with Gasteiger partial charge in [-0.3, -0.25) is 0 Å². The van der Waals surface area contributed by atoms with Gasteiger partial charge in [-0.2, -0.15) is 0 Å². The summed E-state index contributed by atoms with van der Waals surface area (Å²) in [5, 5.41) is 1.23. The highest BCUT2D eigenvalue weighted by molar-refractivity contribution is 5.77. The molecular weight excluding hydrogens is 160 g/mol. The minimum absolute atomic E-state index is 0.903. The molecule has 0 spiro atoms. The largest absolute Gasteiger partial charge is 0.461 e. The Morgan fingerprint density at radius 1 is 1.23 bits per heavy atom. The monoisotopic (exact) mass is 172 g/mol. The Morgan fingerprint density at radius 3 is 2.85 bits per heavy atom. The standard InChI is InChI=1S/C12H12O/c1-2-4-12-10(3-1)8-11(13-12)7-9-5-6-9/h1-4,8-9H,5-7H2. The molecule has 0 radical (unpaired) electrons. The molecule has 1 aromatic heterocycles. The van der Waals surface area contributed by atoms with Crippen molar-refractivity contribution in [3.8, 4) is 0 Å². The Hall–Kier alpha value is -1.24. The van der Waals surface area contributed by atoms with E-state index in [2.05, 4.69) is 18.2 Å². The van der Waals surface area contributed by atoms with Gasteiger partial charge in [0.15, 0.2) is 0 Å². The van der Waals surface area contributed by atoms with E-state index in [1.165, 1.54) is 18.2 Å². The van der Waals surface area contributed by atoms with Crippen LogP contribution in [0.4, 0.5) is 0 Å². The Kier molecular flexibility index (Phi) is 1.45. The van der Waals surface area contributed by atoms with Gasteiger partial charge in [0.1, 0.15) is 11.3 Å². The summed E-state index contributed by atoms with van der Waals surface area (Å²) in [6.07, 6.45) is 3.91. The fourth-order valence-corrected chi connectivity index (χ4v) is 1.74. The first-order valence-electron chi connectivity index (χ1n) is 4.89. The summed E-state index contributed by atoms with van der Waals surface area (Å²) < 4.78 is 5.72. The molecule has 0 N–H and O–H groups in total. The fraction of sp³-hybridized carbons (Fsp3) is 0.333. The van der Waals surface area contributed by atoms with Crippen molar-refractivity contribution in [3.63, 3.8) is 0 Å². The van der Waals surface area contributed by atoms with Gasteiger partial charge in [0.05, 0.1) is 0 Å².